The van der Waals surface area contributed by atoms with Crippen molar-refractivity contribution < 1.29 is 14.7 Å². The van der Waals surface area contributed by atoms with Crippen LogP contribution in [-0.4, -0.2) is 52.6 Å². The molecule has 0 saturated carbocycles. The van der Waals surface area contributed by atoms with Gasteiger partial charge in [-0.05, 0) is 47.4 Å². The van der Waals surface area contributed by atoms with Gasteiger partial charge in [-0.25, -0.2) is 0 Å². The quantitative estimate of drug-likeness (QED) is 0.547. The molecule has 2 aromatic rings. The second kappa shape index (κ2) is 10.6. The first kappa shape index (κ1) is 26.4. The molecule has 4 atom stereocenters. The number of likely N-dealkylation sites (tertiary alicyclic amines) is 1. The molecule has 2 amide bonds. The van der Waals surface area contributed by atoms with Crippen LogP contribution in [0.5, 0.6) is 0 Å². The lowest BCUT2D eigenvalue weighted by Crippen LogP contribution is -2.57. The summed E-state index contributed by atoms with van der Waals surface area (Å²) in [5.74, 6) is -0.367. The van der Waals surface area contributed by atoms with Crippen LogP contribution in [0.15, 0.2) is 35.7 Å². The van der Waals surface area contributed by atoms with Gasteiger partial charge in [0.25, 0.3) is 0 Å². The van der Waals surface area contributed by atoms with Crippen LogP contribution in [-0.2, 0) is 9.59 Å². The number of benzene rings is 1. The largest absolute Gasteiger partial charge is 0.391 e. The van der Waals surface area contributed by atoms with E-state index in [0.29, 0.717) is 0 Å². The molecule has 0 bridgehead atoms. The summed E-state index contributed by atoms with van der Waals surface area (Å²) in [6.07, 6.45) is -0.456. The van der Waals surface area contributed by atoms with Crippen LogP contribution in [0.25, 0.3) is 10.4 Å². The van der Waals surface area contributed by atoms with E-state index in [0.717, 1.165) is 11.1 Å². The smallest absolute Gasteiger partial charge is 0.243 e. The topological polar surface area (TPSA) is 81.7 Å². The lowest BCUT2D eigenvalue weighted by Gasteiger charge is -2.36. The highest BCUT2D eigenvalue weighted by Crippen LogP contribution is 2.30. The molecule has 0 radical (unpaired) electrons. The van der Waals surface area contributed by atoms with Gasteiger partial charge in [0.1, 0.15) is 6.04 Å². The zero-order valence-electron chi connectivity index (χ0n) is 21.4. The predicted molar refractivity (Wildman–Crippen MR) is 139 cm³/mol. The van der Waals surface area contributed by atoms with Crippen LogP contribution >= 0.6 is 11.3 Å². The Hall–Kier alpha value is -2.22. The zero-order valence-corrected chi connectivity index (χ0v) is 22.2. The highest BCUT2D eigenvalue weighted by Gasteiger charge is 2.44. The van der Waals surface area contributed by atoms with E-state index in [1.807, 2.05) is 53.7 Å². The average Bonchev–Trinajstić information content (AvgIpc) is 3.36. The third-order valence-electron chi connectivity index (χ3n) is 6.37. The molecule has 34 heavy (non-hydrogen) atoms. The van der Waals surface area contributed by atoms with E-state index in [4.69, 9.17) is 0 Å². The second-order valence-electron chi connectivity index (χ2n) is 10.8. The first-order chi connectivity index (χ1) is 15.9. The number of hydrogen-bond donors (Lipinski definition) is 3. The summed E-state index contributed by atoms with van der Waals surface area (Å²) in [5.41, 5.74) is 3.09. The number of carbonyl (C=O) groups is 2. The summed E-state index contributed by atoms with van der Waals surface area (Å²) in [5, 5.41) is 18.8. The van der Waals surface area contributed by atoms with Crippen molar-refractivity contribution in [2.75, 3.05) is 6.54 Å². The zero-order chi connectivity index (χ0) is 25.2. The second-order valence-corrected chi connectivity index (χ2v) is 11.7. The monoisotopic (exact) mass is 485 g/mol. The van der Waals surface area contributed by atoms with Gasteiger partial charge in [0.15, 0.2) is 0 Å². The number of rotatable bonds is 7. The lowest BCUT2D eigenvalue weighted by molar-refractivity contribution is -0.142. The van der Waals surface area contributed by atoms with Gasteiger partial charge in [-0.2, -0.15) is 0 Å². The van der Waals surface area contributed by atoms with E-state index in [2.05, 4.69) is 41.1 Å². The number of aryl methyl sites for hydroxylation is 1. The molecule has 6 nitrogen and oxygen atoms in total. The minimum Gasteiger partial charge on any atom is -0.391 e. The molecule has 0 aliphatic carbocycles. The number of hydrogen-bond acceptors (Lipinski definition) is 5. The van der Waals surface area contributed by atoms with E-state index >= 15 is 0 Å². The molecule has 1 saturated heterocycles. The molecule has 2 heterocycles. The molecule has 1 aromatic heterocycles. The Morgan fingerprint density at radius 1 is 1.12 bits per heavy atom. The van der Waals surface area contributed by atoms with E-state index in [1.54, 1.807) is 16.2 Å². The average molecular weight is 486 g/mol. The third kappa shape index (κ3) is 6.06. The highest BCUT2D eigenvalue weighted by molar-refractivity contribution is 7.13. The lowest BCUT2D eigenvalue weighted by atomic mass is 9.85. The number of nitrogens with zero attached hydrogens (tertiary/aromatic N) is 1. The van der Waals surface area contributed by atoms with E-state index in [-0.39, 0.29) is 42.3 Å². The van der Waals surface area contributed by atoms with Crippen molar-refractivity contribution in [3.63, 3.8) is 0 Å². The fourth-order valence-electron chi connectivity index (χ4n) is 4.48. The number of nitrogens with one attached hydrogen (secondary N) is 2. The van der Waals surface area contributed by atoms with Gasteiger partial charge >= 0.3 is 0 Å². The molecule has 0 spiro atoms. The molecule has 186 valence electrons. The highest BCUT2D eigenvalue weighted by atomic mass is 32.1. The molecule has 1 aromatic carbocycles. The summed E-state index contributed by atoms with van der Waals surface area (Å²) >= 11 is 1.72. The van der Waals surface area contributed by atoms with E-state index in [9.17, 15) is 14.7 Å². The van der Waals surface area contributed by atoms with Crippen molar-refractivity contribution in [3.05, 3.63) is 46.8 Å². The van der Waals surface area contributed by atoms with Gasteiger partial charge < -0.3 is 20.6 Å². The summed E-state index contributed by atoms with van der Waals surface area (Å²) in [6, 6.07) is 9.12. The number of carbonyl (C=O) groups excluding carboxylic acids is 2. The molecular weight excluding hydrogens is 446 g/mol. The van der Waals surface area contributed by atoms with Crippen LogP contribution in [0, 0.1) is 12.3 Å². The van der Waals surface area contributed by atoms with Crippen molar-refractivity contribution >= 4 is 23.2 Å². The molecule has 1 fully saturated rings. The van der Waals surface area contributed by atoms with Crippen molar-refractivity contribution in [2.45, 2.75) is 85.2 Å². The Labute approximate surface area is 207 Å². The number of aliphatic hydroxyl groups is 1. The van der Waals surface area contributed by atoms with Gasteiger partial charge in [0, 0.05) is 23.9 Å². The van der Waals surface area contributed by atoms with Crippen molar-refractivity contribution in [2.24, 2.45) is 5.41 Å². The van der Waals surface area contributed by atoms with Crippen LogP contribution in [0.2, 0.25) is 0 Å². The molecule has 1 aliphatic rings. The first-order valence-corrected chi connectivity index (χ1v) is 13.0. The molecule has 3 rings (SSSR count). The third-order valence-corrected chi connectivity index (χ3v) is 7.44. The Bertz CT molecular complexity index is 993. The molecule has 0 unspecified atom stereocenters. The van der Waals surface area contributed by atoms with Gasteiger partial charge in [0.2, 0.25) is 11.8 Å². The SMILES string of the molecule is Cc1ccsc1-c1ccc([C@H](C)NC(=O)[C@@H]2C[C@@H](O)CN2C(=O)[C@H](NC(C)C)C(C)(C)C)cc1. The van der Waals surface area contributed by atoms with Gasteiger partial charge in [-0.15, -0.1) is 11.3 Å². The van der Waals surface area contributed by atoms with Crippen molar-refractivity contribution in [3.8, 4) is 10.4 Å². The molecule has 7 heteroatoms. The van der Waals surface area contributed by atoms with Gasteiger partial charge in [-0.1, -0.05) is 58.9 Å². The normalized spacial score (nSPS) is 20.4. The fraction of sp³-hybridized carbons (Fsp3) is 0.556. The molecule has 1 aliphatic heterocycles. The van der Waals surface area contributed by atoms with Crippen LogP contribution in [0.1, 0.15) is 65.1 Å². The summed E-state index contributed by atoms with van der Waals surface area (Å²) in [4.78, 5) is 29.5. The number of aliphatic hydroxyl groups excluding tert-OH is 1. The summed E-state index contributed by atoms with van der Waals surface area (Å²) in [7, 11) is 0. The Morgan fingerprint density at radius 3 is 2.29 bits per heavy atom. The van der Waals surface area contributed by atoms with Gasteiger partial charge in [-0.3, -0.25) is 9.59 Å². The Balaban J connectivity index is 1.72. The van der Waals surface area contributed by atoms with Crippen molar-refractivity contribution in [1.82, 2.24) is 15.5 Å². The van der Waals surface area contributed by atoms with Crippen LogP contribution in [0.3, 0.4) is 0 Å². The van der Waals surface area contributed by atoms with Crippen molar-refractivity contribution in [1.29, 1.82) is 0 Å². The van der Waals surface area contributed by atoms with Gasteiger partial charge in [0.05, 0.1) is 18.2 Å². The number of amides is 2. The van der Waals surface area contributed by atoms with Crippen LogP contribution < -0.4 is 10.6 Å². The molecule has 3 N–H and O–H groups in total. The van der Waals surface area contributed by atoms with E-state index in [1.165, 1.54) is 10.4 Å². The summed E-state index contributed by atoms with van der Waals surface area (Å²) in [6.45, 7) is 14.3. The fourth-order valence-corrected chi connectivity index (χ4v) is 5.42. The Kier molecular flexibility index (Phi) is 8.22. The maximum Gasteiger partial charge on any atom is 0.243 e. The Morgan fingerprint density at radius 2 is 1.76 bits per heavy atom. The standard InChI is InChI=1S/C27H39N3O3S/c1-16(2)28-24(27(5,6)7)26(33)30-15-21(31)14-22(30)25(32)29-18(4)19-8-10-20(11-9-19)23-17(3)12-13-34-23/h8-13,16,18,21-22,24,28,31H,14-15H2,1-7H3,(H,29,32)/t18-,21+,22-,24-/m0/s1. The summed E-state index contributed by atoms with van der Waals surface area (Å²) < 4.78 is 0. The maximum absolute atomic E-state index is 13.5. The van der Waals surface area contributed by atoms with Crippen LogP contribution in [0.4, 0.5) is 0 Å². The number of β-amino-alcohol motifs (C(OH)–C–C–N with tert-alkyl or cyclic N) is 1. The maximum atomic E-state index is 13.5. The predicted octanol–water partition coefficient (Wildman–Crippen LogP) is 4.28. The molecular formula is C27H39N3O3S. The number of thiophene rings is 1. The minimum atomic E-state index is -0.706. The first-order valence-electron chi connectivity index (χ1n) is 12.1. The van der Waals surface area contributed by atoms with E-state index < -0.39 is 18.2 Å². The minimum absolute atomic E-state index is 0.119.